The SMILES string of the molecule is CCCC=C1OC(=O)C2=C(C(CN3C(=O)C=CC3=O)C3=CCNC(N)=C3)C3CCC12C1C2=C4C(=C(C5(CC)CCCC5)CCC4CC31)OC2=O. The number of nitrogens with zero attached hydrogens (tertiary/aromatic N) is 1. The van der Waals surface area contributed by atoms with Crippen molar-refractivity contribution in [3.63, 3.8) is 0 Å². The standard InChI is InChI=1S/C41H47N3O6/c1-3-5-8-28-41-17-13-24(25-19-23-9-10-27(40(4-2)15-6-7-16-40)37-32(23)34(35(25)41)38(47)50-37)33(36(41)39(48)49-28)26(22-14-18-43-29(42)20-22)21-44-30(45)11-12-31(44)46/h8,11-12,14,20,23-26,35,43H,3-7,9-10,13,15-19,21,42H2,1-2H3. The first-order chi connectivity index (χ1) is 24.2. The average Bonchev–Trinajstić information content (AvgIpc) is 3.88. The molecule has 6 aliphatic carbocycles. The molecule has 2 bridgehead atoms. The summed E-state index contributed by atoms with van der Waals surface area (Å²) in [6, 6.07) is 0. The van der Waals surface area contributed by atoms with E-state index in [2.05, 4.69) is 31.3 Å². The van der Waals surface area contributed by atoms with Gasteiger partial charge in [-0.3, -0.25) is 14.5 Å². The summed E-state index contributed by atoms with van der Waals surface area (Å²) in [5, 5.41) is 3.15. The lowest BCUT2D eigenvalue weighted by atomic mass is 9.42. The van der Waals surface area contributed by atoms with Crippen molar-refractivity contribution in [1.29, 1.82) is 0 Å². The van der Waals surface area contributed by atoms with E-state index in [4.69, 9.17) is 15.2 Å². The van der Waals surface area contributed by atoms with Gasteiger partial charge in [0.1, 0.15) is 11.5 Å². The summed E-state index contributed by atoms with van der Waals surface area (Å²) in [6.07, 6.45) is 20.5. The van der Waals surface area contributed by atoms with E-state index < -0.39 is 11.3 Å². The summed E-state index contributed by atoms with van der Waals surface area (Å²) in [6.45, 7) is 5.01. The van der Waals surface area contributed by atoms with E-state index in [1.54, 1.807) is 0 Å². The smallest absolute Gasteiger partial charge is 0.340 e. The van der Waals surface area contributed by atoms with Crippen molar-refractivity contribution in [1.82, 2.24) is 10.2 Å². The molecule has 2 amide bonds. The van der Waals surface area contributed by atoms with Crippen molar-refractivity contribution in [2.75, 3.05) is 13.1 Å². The number of unbranched alkanes of at least 4 members (excludes halogenated alkanes) is 1. The molecular weight excluding hydrogens is 630 g/mol. The van der Waals surface area contributed by atoms with Crippen LogP contribution < -0.4 is 11.1 Å². The zero-order valence-electron chi connectivity index (χ0n) is 29.1. The van der Waals surface area contributed by atoms with E-state index in [-0.39, 0.29) is 59.4 Å². The molecule has 1 saturated heterocycles. The fourth-order valence-electron chi connectivity index (χ4n) is 12.0. The summed E-state index contributed by atoms with van der Waals surface area (Å²) in [4.78, 5) is 56.2. The van der Waals surface area contributed by atoms with E-state index in [9.17, 15) is 19.2 Å². The predicted molar refractivity (Wildman–Crippen MR) is 185 cm³/mol. The molecule has 0 aromatic carbocycles. The number of imide groups is 1. The van der Waals surface area contributed by atoms with Crippen molar-refractivity contribution in [3.8, 4) is 0 Å². The lowest BCUT2D eigenvalue weighted by Crippen LogP contribution is -2.55. The Labute approximate surface area is 293 Å². The molecular formula is C41H47N3O6. The van der Waals surface area contributed by atoms with Crippen LogP contribution >= 0.6 is 0 Å². The molecule has 3 N–H and O–H groups in total. The van der Waals surface area contributed by atoms with Crippen molar-refractivity contribution in [2.45, 2.75) is 90.9 Å². The van der Waals surface area contributed by atoms with Gasteiger partial charge in [-0.25, -0.2) is 9.59 Å². The molecule has 50 heavy (non-hydrogen) atoms. The van der Waals surface area contributed by atoms with E-state index >= 15 is 0 Å². The molecule has 0 radical (unpaired) electrons. The third-order valence-corrected chi connectivity index (χ3v) is 14.1. The maximum Gasteiger partial charge on any atom is 0.340 e. The van der Waals surface area contributed by atoms with Gasteiger partial charge in [0.25, 0.3) is 11.8 Å². The molecule has 4 aliphatic heterocycles. The van der Waals surface area contributed by atoms with E-state index in [1.165, 1.54) is 35.5 Å². The Balaban J connectivity index is 1.26. The third kappa shape index (κ3) is 4.24. The lowest BCUT2D eigenvalue weighted by Gasteiger charge is -2.58. The van der Waals surface area contributed by atoms with Crippen LogP contribution in [0.1, 0.15) is 90.9 Å². The van der Waals surface area contributed by atoms with Crippen molar-refractivity contribution in [2.24, 2.45) is 46.2 Å². The Morgan fingerprint density at radius 1 is 1.02 bits per heavy atom. The van der Waals surface area contributed by atoms with Gasteiger partial charge in [0.15, 0.2) is 0 Å². The molecule has 4 heterocycles. The second kappa shape index (κ2) is 11.4. The molecule has 6 unspecified atom stereocenters. The van der Waals surface area contributed by atoms with E-state index in [1.807, 2.05) is 6.08 Å². The minimum atomic E-state index is -0.811. The van der Waals surface area contributed by atoms with Gasteiger partial charge in [0.05, 0.1) is 16.8 Å². The molecule has 10 rings (SSSR count). The number of fused-ring (bicyclic) bond motifs is 1. The maximum atomic E-state index is 14.5. The van der Waals surface area contributed by atoms with Crippen LogP contribution in [0, 0.1) is 40.4 Å². The van der Waals surface area contributed by atoms with Gasteiger partial charge in [-0.2, -0.15) is 0 Å². The minimum Gasteiger partial charge on any atom is -0.427 e. The van der Waals surface area contributed by atoms with Crippen LogP contribution in [-0.2, 0) is 28.7 Å². The quantitative estimate of drug-likeness (QED) is 0.239. The molecule has 262 valence electrons. The van der Waals surface area contributed by atoms with Gasteiger partial charge in [-0.15, -0.1) is 0 Å². The van der Waals surface area contributed by atoms with Crippen LogP contribution in [0.25, 0.3) is 0 Å². The normalized spacial score (nSPS) is 34.9. The van der Waals surface area contributed by atoms with E-state index in [0.717, 1.165) is 85.8 Å². The molecule has 2 saturated carbocycles. The fraction of sp³-hybridized carbons (Fsp3) is 0.561. The minimum absolute atomic E-state index is 0.0285. The Morgan fingerprint density at radius 2 is 1.80 bits per heavy atom. The number of amides is 2. The van der Waals surface area contributed by atoms with E-state index in [0.29, 0.717) is 30.1 Å². The fourth-order valence-corrected chi connectivity index (χ4v) is 12.0. The number of ether oxygens (including phenoxy) is 2. The van der Waals surface area contributed by atoms with Crippen LogP contribution in [0.5, 0.6) is 0 Å². The molecule has 9 heteroatoms. The summed E-state index contributed by atoms with van der Waals surface area (Å²) in [5.41, 5.74) is 11.4. The second-order valence-electron chi connectivity index (χ2n) is 16.0. The number of dihydropyridines is 1. The van der Waals surface area contributed by atoms with Gasteiger partial charge in [-0.05, 0) is 110 Å². The maximum absolute atomic E-state index is 14.5. The zero-order valence-corrected chi connectivity index (χ0v) is 29.1. The van der Waals surface area contributed by atoms with Crippen LogP contribution in [0.4, 0.5) is 0 Å². The number of rotatable bonds is 8. The second-order valence-corrected chi connectivity index (χ2v) is 16.0. The molecule has 10 aliphatic rings. The van der Waals surface area contributed by atoms with Crippen LogP contribution in [0.2, 0.25) is 0 Å². The first-order valence-electron chi connectivity index (χ1n) is 19.0. The van der Waals surface area contributed by atoms with Crippen LogP contribution in [0.3, 0.4) is 0 Å². The third-order valence-electron chi connectivity index (χ3n) is 14.1. The summed E-state index contributed by atoms with van der Waals surface area (Å²) in [5.74, 6) is 0.340. The first-order valence-corrected chi connectivity index (χ1v) is 19.0. The highest BCUT2D eigenvalue weighted by Gasteiger charge is 2.70. The summed E-state index contributed by atoms with van der Waals surface area (Å²) < 4.78 is 12.8. The molecule has 6 atom stereocenters. The van der Waals surface area contributed by atoms with Gasteiger partial charge < -0.3 is 20.5 Å². The molecule has 9 nitrogen and oxygen atoms in total. The molecule has 3 fully saturated rings. The van der Waals surface area contributed by atoms with Gasteiger partial charge in [0, 0.05) is 48.2 Å². The molecule has 0 aromatic rings. The van der Waals surface area contributed by atoms with Crippen LogP contribution in [-0.4, -0.2) is 41.7 Å². The topological polar surface area (TPSA) is 128 Å². The highest BCUT2D eigenvalue weighted by Crippen LogP contribution is 2.73. The highest BCUT2D eigenvalue weighted by molar-refractivity contribution is 6.13. The number of cyclic esters (lactones) is 1. The Kier molecular flexibility index (Phi) is 7.28. The predicted octanol–water partition coefficient (Wildman–Crippen LogP) is 5.93. The zero-order chi connectivity index (χ0) is 34.5. The molecule has 1 spiro atoms. The number of carbonyl (C=O) groups excluding carboxylic acids is 4. The van der Waals surface area contributed by atoms with Gasteiger partial charge in [-0.1, -0.05) is 39.2 Å². The van der Waals surface area contributed by atoms with Crippen molar-refractivity contribution >= 4 is 23.8 Å². The number of nitrogens with two attached hydrogens (primary N) is 1. The van der Waals surface area contributed by atoms with Crippen LogP contribution in [0.15, 0.2) is 81.2 Å². The Morgan fingerprint density at radius 3 is 2.52 bits per heavy atom. The summed E-state index contributed by atoms with van der Waals surface area (Å²) >= 11 is 0. The first kappa shape index (κ1) is 31.8. The number of hydrogen-bond donors (Lipinski definition) is 2. The lowest BCUT2D eigenvalue weighted by molar-refractivity contribution is -0.138. The Bertz CT molecular complexity index is 1830. The number of hydrogen-bond acceptors (Lipinski definition) is 8. The molecule has 0 aromatic heterocycles. The Hall–Kier alpha value is -4.14. The summed E-state index contributed by atoms with van der Waals surface area (Å²) in [7, 11) is 0. The number of nitrogens with one attached hydrogen (secondary N) is 1. The largest absolute Gasteiger partial charge is 0.427 e. The number of carbonyl (C=O) groups is 4. The number of esters is 2. The van der Waals surface area contributed by atoms with Gasteiger partial charge >= 0.3 is 11.9 Å². The van der Waals surface area contributed by atoms with Crippen molar-refractivity contribution in [3.05, 3.63) is 81.2 Å². The van der Waals surface area contributed by atoms with Crippen molar-refractivity contribution < 1.29 is 28.7 Å². The van der Waals surface area contributed by atoms with Gasteiger partial charge in [0.2, 0.25) is 0 Å². The highest BCUT2D eigenvalue weighted by atomic mass is 16.6. The average molecular weight is 678 g/mol. The number of allylic oxidation sites excluding steroid dienone is 5. The monoisotopic (exact) mass is 677 g/mol.